The van der Waals surface area contributed by atoms with Gasteiger partial charge in [0.25, 0.3) is 0 Å². The fraction of sp³-hybridized carbons (Fsp3) is 0.200. The maximum Gasteiger partial charge on any atom is 0.324 e. The lowest BCUT2D eigenvalue weighted by Gasteiger charge is -2.15. The van der Waals surface area contributed by atoms with Crippen LogP contribution in [0.15, 0.2) is 42.9 Å². The monoisotopic (exact) mass is 416 g/mol. The average Bonchev–Trinajstić information content (AvgIpc) is 3.10. The van der Waals surface area contributed by atoms with Gasteiger partial charge in [0.05, 0.1) is 17.9 Å². The van der Waals surface area contributed by atoms with Crippen molar-refractivity contribution in [1.29, 1.82) is 10.7 Å². The van der Waals surface area contributed by atoms with E-state index < -0.39 is 18.9 Å². The number of imidazole rings is 1. The molecule has 0 amide bonds. The van der Waals surface area contributed by atoms with Crippen molar-refractivity contribution in [3.8, 4) is 17.3 Å². The number of nitrogens with zero attached hydrogens (tertiary/aromatic N) is 4. The Balaban J connectivity index is 2.04. The van der Waals surface area contributed by atoms with Crippen LogP contribution in [0.1, 0.15) is 17.0 Å². The zero-order chi connectivity index (χ0) is 21.9. The molecule has 0 unspecified atom stereocenters. The van der Waals surface area contributed by atoms with Gasteiger partial charge in [0, 0.05) is 41.5 Å². The first kappa shape index (κ1) is 21.0. The van der Waals surface area contributed by atoms with Crippen molar-refractivity contribution < 1.29 is 17.6 Å². The Morgan fingerprint density at radius 2 is 2.10 bits per heavy atom. The number of allylic oxidation sites excluding steroid dienone is 1. The number of alkyl halides is 4. The predicted molar refractivity (Wildman–Crippen MR) is 104 cm³/mol. The van der Waals surface area contributed by atoms with Crippen molar-refractivity contribution in [2.45, 2.75) is 19.3 Å². The van der Waals surface area contributed by atoms with E-state index >= 15 is 0 Å². The highest BCUT2D eigenvalue weighted by atomic mass is 19.3. The second-order valence-corrected chi connectivity index (χ2v) is 6.45. The van der Waals surface area contributed by atoms with Crippen molar-refractivity contribution >= 4 is 17.4 Å². The van der Waals surface area contributed by atoms with Gasteiger partial charge in [0.2, 0.25) is 0 Å². The van der Waals surface area contributed by atoms with E-state index in [0.717, 1.165) is 18.1 Å². The van der Waals surface area contributed by atoms with Gasteiger partial charge in [-0.2, -0.15) is 14.0 Å². The Morgan fingerprint density at radius 3 is 2.77 bits per heavy atom. The Bertz CT molecular complexity index is 1160. The van der Waals surface area contributed by atoms with Crippen molar-refractivity contribution in [1.82, 2.24) is 19.7 Å². The van der Waals surface area contributed by atoms with Gasteiger partial charge < -0.3 is 15.1 Å². The van der Waals surface area contributed by atoms with E-state index in [0.29, 0.717) is 22.5 Å². The molecule has 0 atom stereocenters. The molecule has 3 heterocycles. The van der Waals surface area contributed by atoms with E-state index in [1.54, 1.807) is 22.7 Å². The fourth-order valence-corrected chi connectivity index (χ4v) is 2.80. The molecule has 3 rings (SSSR count). The van der Waals surface area contributed by atoms with E-state index in [-0.39, 0.29) is 11.3 Å². The van der Waals surface area contributed by atoms with E-state index in [4.69, 9.17) is 5.41 Å². The van der Waals surface area contributed by atoms with Crippen LogP contribution in [0.25, 0.3) is 22.5 Å². The summed E-state index contributed by atoms with van der Waals surface area (Å²) in [6.45, 7) is 0.545. The van der Waals surface area contributed by atoms with E-state index in [9.17, 15) is 22.8 Å². The van der Waals surface area contributed by atoms with E-state index in [1.165, 1.54) is 12.1 Å². The number of fused-ring (bicyclic) bond motifs is 1. The number of hydrogen-bond acceptors (Lipinski definition) is 5. The molecular weight excluding hydrogens is 400 g/mol. The minimum absolute atomic E-state index is 0.120. The molecular formula is C20H16F4N6. The van der Waals surface area contributed by atoms with Crippen molar-refractivity contribution in [2.75, 3.05) is 6.54 Å². The minimum Gasteiger partial charge on any atom is -0.384 e. The summed E-state index contributed by atoms with van der Waals surface area (Å²) in [4.78, 5) is 8.66. The summed E-state index contributed by atoms with van der Waals surface area (Å²) < 4.78 is 52.8. The highest BCUT2D eigenvalue weighted by Crippen LogP contribution is 2.28. The maximum atomic E-state index is 13.1. The summed E-state index contributed by atoms with van der Waals surface area (Å²) in [6, 6.07) is 8.34. The van der Waals surface area contributed by atoms with Gasteiger partial charge in [0.15, 0.2) is 0 Å². The Kier molecular flexibility index (Phi) is 5.82. The zero-order valence-corrected chi connectivity index (χ0v) is 15.7. The van der Waals surface area contributed by atoms with Crippen molar-refractivity contribution in [2.24, 2.45) is 0 Å². The summed E-state index contributed by atoms with van der Waals surface area (Å²) in [6.07, 6.45) is 1.71. The summed E-state index contributed by atoms with van der Waals surface area (Å²) in [5.74, 6) is -4.21. The molecule has 154 valence electrons. The third-order valence-corrected chi connectivity index (χ3v) is 4.24. The molecule has 0 spiro atoms. The van der Waals surface area contributed by atoms with Crippen LogP contribution in [0.3, 0.4) is 0 Å². The molecule has 0 aliphatic carbocycles. The maximum absolute atomic E-state index is 13.1. The fourth-order valence-electron chi connectivity index (χ4n) is 2.80. The molecule has 10 heteroatoms. The standard InChI is InChI=1S/C20H16F4N6/c1-12-10-30-5-4-13(6-17(30)28-12)18-16(3-2-15(8-26)29-18)14(7-25)9-27-11-20(23,24)19(21)22/h2-7,9-10,19,25,27H,11H2,1H3/b14-9+,25-7?. The van der Waals surface area contributed by atoms with Crippen molar-refractivity contribution in [3.05, 3.63) is 59.8 Å². The van der Waals surface area contributed by atoms with Crippen molar-refractivity contribution in [3.63, 3.8) is 0 Å². The zero-order valence-electron chi connectivity index (χ0n) is 15.7. The van der Waals surface area contributed by atoms with Crippen LogP contribution in [-0.2, 0) is 0 Å². The lowest BCUT2D eigenvalue weighted by atomic mass is 10.0. The Hall–Kier alpha value is -3.74. The van der Waals surface area contributed by atoms with Crippen LogP contribution in [-0.4, -0.2) is 39.5 Å². The van der Waals surface area contributed by atoms with Crippen LogP contribution in [0.5, 0.6) is 0 Å². The Labute approximate surface area is 169 Å². The first-order chi connectivity index (χ1) is 14.2. The van der Waals surface area contributed by atoms with Gasteiger partial charge in [-0.25, -0.2) is 18.7 Å². The third-order valence-electron chi connectivity index (χ3n) is 4.24. The molecule has 0 aliphatic heterocycles. The highest BCUT2D eigenvalue weighted by molar-refractivity contribution is 6.10. The Morgan fingerprint density at radius 1 is 1.33 bits per heavy atom. The lowest BCUT2D eigenvalue weighted by Crippen LogP contribution is -2.37. The average molecular weight is 416 g/mol. The van der Waals surface area contributed by atoms with Crippen LogP contribution in [0.2, 0.25) is 0 Å². The van der Waals surface area contributed by atoms with Crippen LogP contribution < -0.4 is 5.32 Å². The molecule has 0 aromatic carbocycles. The van der Waals surface area contributed by atoms with Crippen LogP contribution >= 0.6 is 0 Å². The third kappa shape index (κ3) is 4.30. The van der Waals surface area contributed by atoms with Gasteiger partial charge in [-0.05, 0) is 31.2 Å². The normalized spacial score (nSPS) is 12.2. The number of pyridine rings is 2. The highest BCUT2D eigenvalue weighted by Gasteiger charge is 2.40. The van der Waals surface area contributed by atoms with Gasteiger partial charge >= 0.3 is 12.3 Å². The smallest absolute Gasteiger partial charge is 0.324 e. The summed E-state index contributed by atoms with van der Waals surface area (Å²) in [7, 11) is 0. The first-order valence-corrected chi connectivity index (χ1v) is 8.72. The van der Waals surface area contributed by atoms with Crippen LogP contribution in [0.4, 0.5) is 17.6 Å². The topological polar surface area (TPSA) is 89.9 Å². The number of rotatable bonds is 7. The first-order valence-electron chi connectivity index (χ1n) is 8.72. The number of aromatic nitrogens is 3. The largest absolute Gasteiger partial charge is 0.384 e. The molecule has 30 heavy (non-hydrogen) atoms. The van der Waals surface area contributed by atoms with E-state index in [1.807, 2.05) is 19.2 Å². The molecule has 2 N–H and O–H groups in total. The molecule has 0 saturated heterocycles. The summed E-state index contributed by atoms with van der Waals surface area (Å²) in [5, 5.41) is 19.0. The summed E-state index contributed by atoms with van der Waals surface area (Å²) >= 11 is 0. The van der Waals surface area contributed by atoms with E-state index in [2.05, 4.69) is 15.3 Å². The number of nitriles is 1. The van der Waals surface area contributed by atoms with Crippen LogP contribution in [0, 0.1) is 23.7 Å². The van der Waals surface area contributed by atoms with Gasteiger partial charge in [-0.1, -0.05) is 0 Å². The second kappa shape index (κ2) is 8.32. The predicted octanol–water partition coefficient (Wildman–Crippen LogP) is 4.06. The van der Waals surface area contributed by atoms with Gasteiger partial charge in [-0.15, -0.1) is 0 Å². The number of halogens is 4. The number of aryl methyl sites for hydroxylation is 1. The second-order valence-electron chi connectivity index (χ2n) is 6.45. The minimum atomic E-state index is -4.21. The molecule has 3 aromatic rings. The molecule has 0 bridgehead atoms. The molecule has 0 fully saturated rings. The number of hydrogen-bond donors (Lipinski definition) is 2. The lowest BCUT2D eigenvalue weighted by molar-refractivity contribution is -0.123. The SMILES string of the molecule is Cc1cn2ccc(-c3nc(C#N)ccc3/C(C=N)=C/NCC(F)(F)C(F)F)cc2n1. The molecule has 0 aliphatic rings. The van der Waals surface area contributed by atoms with Gasteiger partial charge in [0.1, 0.15) is 17.4 Å². The number of nitrogens with one attached hydrogen (secondary N) is 2. The molecule has 0 saturated carbocycles. The molecule has 6 nitrogen and oxygen atoms in total. The molecule has 0 radical (unpaired) electrons. The quantitative estimate of drug-likeness (QED) is 0.449. The van der Waals surface area contributed by atoms with Gasteiger partial charge in [-0.3, -0.25) is 0 Å². The summed E-state index contributed by atoms with van der Waals surface area (Å²) in [5.41, 5.74) is 2.97. The molecule has 3 aromatic heterocycles.